The number of benzene rings is 2. The van der Waals surface area contributed by atoms with E-state index >= 15 is 0 Å². The van der Waals surface area contributed by atoms with Gasteiger partial charge in [0.05, 0.1) is 11.5 Å². The highest BCUT2D eigenvalue weighted by Crippen LogP contribution is 2.27. The second-order valence-electron chi connectivity index (χ2n) is 5.34. The molecule has 0 spiro atoms. The molecular formula is C18H20N2O4S. The van der Waals surface area contributed by atoms with Gasteiger partial charge >= 0.3 is 0 Å². The molecule has 6 nitrogen and oxygen atoms in total. The molecule has 0 heterocycles. The number of amides is 1. The van der Waals surface area contributed by atoms with Gasteiger partial charge in [-0.15, -0.1) is 11.8 Å². The van der Waals surface area contributed by atoms with Gasteiger partial charge in [-0.3, -0.25) is 14.9 Å². The number of ether oxygens (including phenoxy) is 1. The molecule has 0 bridgehead atoms. The first kappa shape index (κ1) is 18.8. The van der Waals surface area contributed by atoms with Crippen molar-refractivity contribution >= 4 is 23.4 Å². The van der Waals surface area contributed by atoms with Crippen LogP contribution in [0, 0.1) is 10.1 Å². The summed E-state index contributed by atoms with van der Waals surface area (Å²) >= 11 is 1.43. The highest BCUT2D eigenvalue weighted by molar-refractivity contribution is 7.98. The van der Waals surface area contributed by atoms with Crippen LogP contribution in [0.3, 0.4) is 0 Å². The largest absolute Gasteiger partial charge is 0.494 e. The second-order valence-corrected chi connectivity index (χ2v) is 6.22. The Bertz CT molecular complexity index is 779. The lowest BCUT2D eigenvalue weighted by Crippen LogP contribution is -2.27. The van der Waals surface area contributed by atoms with Crippen LogP contribution in [0.15, 0.2) is 47.4 Å². The van der Waals surface area contributed by atoms with Gasteiger partial charge < -0.3 is 9.64 Å². The van der Waals surface area contributed by atoms with E-state index in [1.54, 1.807) is 19.2 Å². The molecule has 0 aliphatic heterocycles. The fraction of sp³-hybridized carbons (Fsp3) is 0.278. The van der Waals surface area contributed by atoms with Crippen molar-refractivity contribution in [3.05, 3.63) is 63.7 Å². The Kier molecular flexibility index (Phi) is 6.41. The average molecular weight is 360 g/mol. The molecule has 0 fully saturated rings. The molecule has 0 aromatic heterocycles. The number of thioether (sulfide) groups is 1. The topological polar surface area (TPSA) is 72.7 Å². The van der Waals surface area contributed by atoms with Crippen molar-refractivity contribution in [3.63, 3.8) is 0 Å². The average Bonchev–Trinajstić information content (AvgIpc) is 2.62. The number of hydrogen-bond acceptors (Lipinski definition) is 5. The number of nitro benzene ring substituents is 1. The number of para-hydroxylation sites is 1. The zero-order valence-corrected chi connectivity index (χ0v) is 15.2. The third-order valence-electron chi connectivity index (χ3n) is 3.66. The molecule has 2 rings (SSSR count). The van der Waals surface area contributed by atoms with Crippen LogP contribution < -0.4 is 4.74 Å². The van der Waals surface area contributed by atoms with Crippen LogP contribution in [0.4, 0.5) is 5.69 Å². The number of carbonyl (C=O) groups excluding carboxylic acids is 1. The Balaban J connectivity index is 2.30. The highest BCUT2D eigenvalue weighted by atomic mass is 32.2. The number of hydrogen-bond donors (Lipinski definition) is 0. The van der Waals surface area contributed by atoms with Crippen LogP contribution in [0.25, 0.3) is 0 Å². The highest BCUT2D eigenvalue weighted by Gasteiger charge is 2.24. The molecule has 0 saturated carbocycles. The van der Waals surface area contributed by atoms with Gasteiger partial charge in [-0.2, -0.15) is 0 Å². The molecule has 7 heteroatoms. The number of carbonyl (C=O) groups is 1. The van der Waals surface area contributed by atoms with Gasteiger partial charge in [0.2, 0.25) is 0 Å². The molecule has 25 heavy (non-hydrogen) atoms. The summed E-state index contributed by atoms with van der Waals surface area (Å²) in [7, 11) is 1.63. The molecule has 0 aliphatic rings. The van der Waals surface area contributed by atoms with E-state index in [9.17, 15) is 14.9 Å². The summed E-state index contributed by atoms with van der Waals surface area (Å²) in [6.07, 6.45) is 1.86. The predicted octanol–water partition coefficient (Wildman–Crippen LogP) is 3.99. The summed E-state index contributed by atoms with van der Waals surface area (Å²) in [6.45, 7) is 2.72. The van der Waals surface area contributed by atoms with Crippen LogP contribution in [0.5, 0.6) is 5.75 Å². The van der Waals surface area contributed by atoms with Crippen molar-refractivity contribution in [2.45, 2.75) is 18.4 Å². The molecule has 0 saturated heterocycles. The molecule has 0 radical (unpaired) electrons. The third-order valence-corrected chi connectivity index (χ3v) is 4.38. The van der Waals surface area contributed by atoms with Crippen molar-refractivity contribution in [1.29, 1.82) is 0 Å². The van der Waals surface area contributed by atoms with E-state index in [1.807, 2.05) is 37.4 Å². The summed E-state index contributed by atoms with van der Waals surface area (Å²) in [5, 5.41) is 11.3. The molecule has 132 valence electrons. The minimum absolute atomic E-state index is 0.0910. The quantitative estimate of drug-likeness (QED) is 0.424. The molecule has 1 amide bonds. The van der Waals surface area contributed by atoms with Gasteiger partial charge in [0.1, 0.15) is 11.3 Å². The summed E-state index contributed by atoms with van der Waals surface area (Å²) in [6, 6.07) is 12.0. The fourth-order valence-corrected chi connectivity index (χ4v) is 2.88. The fourth-order valence-electron chi connectivity index (χ4n) is 2.44. The summed E-state index contributed by atoms with van der Waals surface area (Å²) < 4.78 is 5.57. The van der Waals surface area contributed by atoms with Crippen LogP contribution in [-0.2, 0) is 6.54 Å². The molecule has 0 N–H and O–H groups in total. The smallest absolute Gasteiger partial charge is 0.282 e. The Morgan fingerprint density at radius 1 is 1.28 bits per heavy atom. The Morgan fingerprint density at radius 2 is 2.00 bits per heavy atom. The molecule has 0 atom stereocenters. The minimum Gasteiger partial charge on any atom is -0.494 e. The van der Waals surface area contributed by atoms with Gasteiger partial charge in [0.15, 0.2) is 0 Å². The van der Waals surface area contributed by atoms with Gasteiger partial charge in [0.25, 0.3) is 11.6 Å². The van der Waals surface area contributed by atoms with E-state index in [1.165, 1.54) is 22.7 Å². The maximum Gasteiger partial charge on any atom is 0.282 e. The van der Waals surface area contributed by atoms with Crippen molar-refractivity contribution in [2.75, 3.05) is 19.9 Å². The lowest BCUT2D eigenvalue weighted by Gasteiger charge is -2.19. The van der Waals surface area contributed by atoms with Crippen LogP contribution in [0.1, 0.15) is 22.8 Å². The normalized spacial score (nSPS) is 10.4. The Hall–Kier alpha value is -2.54. The van der Waals surface area contributed by atoms with E-state index in [4.69, 9.17) is 4.74 Å². The standard InChI is InChI=1S/C18H20N2O4S/c1-4-24-17-8-6-5-7-13(17)12-19(2)18(21)15-11-14(25-3)9-10-16(15)20(22)23/h5-11H,4,12H2,1-3H3. The molecule has 2 aromatic carbocycles. The minimum atomic E-state index is -0.528. The third kappa shape index (κ3) is 4.51. The lowest BCUT2D eigenvalue weighted by atomic mass is 10.1. The van der Waals surface area contributed by atoms with Crippen molar-refractivity contribution in [2.24, 2.45) is 0 Å². The molecule has 0 unspecified atom stereocenters. The first-order chi connectivity index (χ1) is 12.0. The lowest BCUT2D eigenvalue weighted by molar-refractivity contribution is -0.385. The Morgan fingerprint density at radius 3 is 2.64 bits per heavy atom. The first-order valence-electron chi connectivity index (χ1n) is 7.76. The molecular weight excluding hydrogens is 340 g/mol. The Labute approximate surface area is 150 Å². The van der Waals surface area contributed by atoms with E-state index in [0.717, 1.165) is 10.5 Å². The van der Waals surface area contributed by atoms with E-state index < -0.39 is 10.8 Å². The van der Waals surface area contributed by atoms with Crippen LogP contribution in [0.2, 0.25) is 0 Å². The summed E-state index contributed by atoms with van der Waals surface area (Å²) in [5.74, 6) is 0.311. The monoisotopic (exact) mass is 360 g/mol. The van der Waals surface area contributed by atoms with Crippen molar-refractivity contribution in [1.82, 2.24) is 4.90 Å². The maximum atomic E-state index is 12.8. The van der Waals surface area contributed by atoms with E-state index in [2.05, 4.69) is 0 Å². The van der Waals surface area contributed by atoms with Gasteiger partial charge in [-0.25, -0.2) is 0 Å². The zero-order valence-electron chi connectivity index (χ0n) is 14.4. The number of nitro groups is 1. The number of nitrogens with zero attached hydrogens (tertiary/aromatic N) is 2. The van der Waals surface area contributed by atoms with E-state index in [0.29, 0.717) is 18.9 Å². The molecule has 0 aliphatic carbocycles. The van der Waals surface area contributed by atoms with Gasteiger partial charge in [-0.1, -0.05) is 18.2 Å². The van der Waals surface area contributed by atoms with Crippen molar-refractivity contribution < 1.29 is 14.5 Å². The van der Waals surface area contributed by atoms with Gasteiger partial charge in [0, 0.05) is 30.1 Å². The molecule has 2 aromatic rings. The zero-order chi connectivity index (χ0) is 18.4. The van der Waals surface area contributed by atoms with Crippen LogP contribution >= 0.6 is 11.8 Å². The SMILES string of the molecule is CCOc1ccccc1CN(C)C(=O)c1cc(SC)ccc1[N+](=O)[O-]. The van der Waals surface area contributed by atoms with E-state index in [-0.39, 0.29) is 11.3 Å². The maximum absolute atomic E-state index is 12.8. The van der Waals surface area contributed by atoms with Crippen LogP contribution in [-0.4, -0.2) is 35.6 Å². The van der Waals surface area contributed by atoms with Crippen molar-refractivity contribution in [3.8, 4) is 5.75 Å². The first-order valence-corrected chi connectivity index (χ1v) is 8.99. The van der Waals surface area contributed by atoms with Gasteiger partial charge in [-0.05, 0) is 31.4 Å². The second kappa shape index (κ2) is 8.53. The summed E-state index contributed by atoms with van der Waals surface area (Å²) in [5.41, 5.74) is 0.754. The number of rotatable bonds is 7. The predicted molar refractivity (Wildman–Crippen MR) is 98.3 cm³/mol. The summed E-state index contributed by atoms with van der Waals surface area (Å²) in [4.78, 5) is 25.8.